The van der Waals surface area contributed by atoms with Gasteiger partial charge in [0.15, 0.2) is 0 Å². The van der Waals surface area contributed by atoms with Gasteiger partial charge in [0.05, 0.1) is 13.2 Å². The maximum Gasteiger partial charge on any atom is 0.410 e. The number of carbonyl (C=O) groups is 4. The zero-order valence-corrected chi connectivity index (χ0v) is 24.9. The summed E-state index contributed by atoms with van der Waals surface area (Å²) in [6.45, 7) is 14.3. The molecule has 1 heterocycles. The van der Waals surface area contributed by atoms with Gasteiger partial charge in [-0.1, -0.05) is 20.4 Å². The fourth-order valence-electron chi connectivity index (χ4n) is 6.60. The smallest absolute Gasteiger partial charge is 0.410 e. The summed E-state index contributed by atoms with van der Waals surface area (Å²) in [5, 5.41) is 2.95. The second-order valence-corrected chi connectivity index (χ2v) is 12.8. The van der Waals surface area contributed by atoms with Crippen LogP contribution in [0.3, 0.4) is 0 Å². The average molecular weight is 565 g/mol. The Hall–Kier alpha value is -2.78. The molecule has 0 spiro atoms. The fraction of sp³-hybridized carbons (Fsp3) is 0.800. The van der Waals surface area contributed by atoms with Gasteiger partial charge >= 0.3 is 24.1 Å². The van der Waals surface area contributed by atoms with Crippen LogP contribution in [-0.2, 0) is 28.5 Å². The molecule has 0 aromatic heterocycles. The first kappa shape index (κ1) is 31.7. The van der Waals surface area contributed by atoms with Crippen molar-refractivity contribution < 1.29 is 38.1 Å². The highest BCUT2D eigenvalue weighted by atomic mass is 16.6. The van der Waals surface area contributed by atoms with Gasteiger partial charge in [0.2, 0.25) is 0 Å². The number of fused-ring (bicyclic) bond motifs is 2. The van der Waals surface area contributed by atoms with Crippen LogP contribution in [0.5, 0.6) is 0 Å². The van der Waals surface area contributed by atoms with Crippen LogP contribution in [0.1, 0.15) is 92.4 Å². The van der Waals surface area contributed by atoms with Gasteiger partial charge in [-0.3, -0.25) is 4.79 Å². The number of nitrogens with one attached hydrogen (secondary N) is 1. The van der Waals surface area contributed by atoms with Crippen molar-refractivity contribution in [3.63, 3.8) is 0 Å². The number of likely N-dealkylation sites (tertiary alicyclic amines) is 1. The van der Waals surface area contributed by atoms with E-state index < -0.39 is 23.7 Å². The van der Waals surface area contributed by atoms with E-state index in [1.807, 2.05) is 11.8 Å². The van der Waals surface area contributed by atoms with E-state index >= 15 is 0 Å². The largest absolute Gasteiger partial charge is 0.465 e. The number of rotatable bonds is 11. The van der Waals surface area contributed by atoms with Crippen molar-refractivity contribution in [1.82, 2.24) is 10.2 Å². The molecular weight excluding hydrogens is 516 g/mol. The molecule has 4 unspecified atom stereocenters. The van der Waals surface area contributed by atoms with E-state index in [0.717, 1.165) is 44.9 Å². The maximum absolute atomic E-state index is 13.2. The van der Waals surface area contributed by atoms with Crippen LogP contribution >= 0.6 is 0 Å². The molecule has 1 N–H and O–H groups in total. The van der Waals surface area contributed by atoms with Gasteiger partial charge in [-0.05, 0) is 89.4 Å². The Labute approximate surface area is 238 Å². The summed E-state index contributed by atoms with van der Waals surface area (Å²) in [4.78, 5) is 50.8. The van der Waals surface area contributed by atoms with Gasteiger partial charge in [-0.2, -0.15) is 0 Å². The minimum atomic E-state index is -0.604. The molecule has 0 aromatic carbocycles. The first-order valence-electron chi connectivity index (χ1n) is 14.7. The Morgan fingerprint density at radius 1 is 1.00 bits per heavy atom. The van der Waals surface area contributed by atoms with Crippen molar-refractivity contribution in [2.45, 2.75) is 110 Å². The van der Waals surface area contributed by atoms with Gasteiger partial charge in [-0.15, -0.1) is 0 Å². The molecule has 1 aliphatic heterocycles. The topological polar surface area (TPSA) is 120 Å². The summed E-state index contributed by atoms with van der Waals surface area (Å²) in [5.74, 6) is 0.0556. The zero-order valence-electron chi connectivity index (χ0n) is 24.9. The lowest BCUT2D eigenvalue weighted by Gasteiger charge is -2.41. The third-order valence-electron chi connectivity index (χ3n) is 8.42. The third-order valence-corrected chi connectivity index (χ3v) is 8.42. The molecule has 10 heteroatoms. The van der Waals surface area contributed by atoms with E-state index in [1.165, 1.54) is 0 Å². The number of nitrogens with zero attached hydrogens (tertiary/aromatic N) is 1. The molecule has 3 fully saturated rings. The van der Waals surface area contributed by atoms with Crippen molar-refractivity contribution in [2.75, 3.05) is 26.4 Å². The lowest BCUT2D eigenvalue weighted by molar-refractivity contribution is -0.145. The Morgan fingerprint density at radius 3 is 2.23 bits per heavy atom. The van der Waals surface area contributed by atoms with Crippen molar-refractivity contribution in [3.8, 4) is 0 Å². The second-order valence-electron chi connectivity index (χ2n) is 12.8. The van der Waals surface area contributed by atoms with Crippen LogP contribution in [0.4, 0.5) is 9.59 Å². The molecule has 2 amide bonds. The van der Waals surface area contributed by atoms with Gasteiger partial charge in [-0.25, -0.2) is 14.4 Å². The number of ether oxygens (including phenoxy) is 4. The van der Waals surface area contributed by atoms with Crippen molar-refractivity contribution in [1.29, 1.82) is 0 Å². The Kier molecular flexibility index (Phi) is 10.9. The van der Waals surface area contributed by atoms with E-state index in [0.29, 0.717) is 44.4 Å². The first-order valence-corrected chi connectivity index (χ1v) is 14.7. The number of amides is 2. The van der Waals surface area contributed by atoms with Crippen LogP contribution in [0.2, 0.25) is 0 Å². The summed E-state index contributed by atoms with van der Waals surface area (Å²) in [5.41, 5.74) is -0.279. The van der Waals surface area contributed by atoms with Gasteiger partial charge in [0.1, 0.15) is 12.7 Å². The second kappa shape index (κ2) is 13.7. The molecule has 0 aromatic rings. The van der Waals surface area contributed by atoms with E-state index in [1.54, 1.807) is 13.8 Å². The molecule has 2 saturated carbocycles. The Bertz CT molecular complexity index is 946. The highest BCUT2D eigenvalue weighted by molar-refractivity contribution is 5.86. The van der Waals surface area contributed by atoms with Gasteiger partial charge in [0.25, 0.3) is 0 Å². The number of carbonyl (C=O) groups excluding carboxylic acids is 4. The molecule has 3 rings (SSSR count). The monoisotopic (exact) mass is 564 g/mol. The molecule has 4 atom stereocenters. The minimum absolute atomic E-state index is 0.0487. The highest BCUT2D eigenvalue weighted by Gasteiger charge is 2.56. The average Bonchev–Trinajstić information content (AvgIpc) is 3.08. The summed E-state index contributed by atoms with van der Waals surface area (Å²) in [6.07, 6.45) is 5.83. The highest BCUT2D eigenvalue weighted by Crippen LogP contribution is 2.51. The maximum atomic E-state index is 13.2. The van der Waals surface area contributed by atoms with Gasteiger partial charge < -0.3 is 29.2 Å². The van der Waals surface area contributed by atoms with E-state index in [-0.39, 0.29) is 35.7 Å². The molecule has 0 radical (unpaired) electrons. The minimum Gasteiger partial charge on any atom is -0.465 e. The van der Waals surface area contributed by atoms with E-state index in [4.69, 9.17) is 18.9 Å². The van der Waals surface area contributed by atoms with E-state index in [2.05, 4.69) is 25.7 Å². The van der Waals surface area contributed by atoms with Crippen LogP contribution in [0.25, 0.3) is 0 Å². The van der Waals surface area contributed by atoms with E-state index in [9.17, 15) is 19.2 Å². The SMILES string of the molecule is C=C(C)C(=O)OCC(C)OC(=O)NC1CC2(C)CN(C(=O)OCC3CCC(COC(=O)CCC)CC3)C(C)(C1)C2. The summed E-state index contributed by atoms with van der Waals surface area (Å²) in [7, 11) is 0. The lowest BCUT2D eigenvalue weighted by Crippen LogP contribution is -2.51. The fourth-order valence-corrected chi connectivity index (χ4v) is 6.60. The van der Waals surface area contributed by atoms with Crippen LogP contribution in [0.15, 0.2) is 12.2 Å². The number of hydrogen-bond donors (Lipinski definition) is 1. The molecule has 1 saturated heterocycles. The lowest BCUT2D eigenvalue weighted by atomic mass is 9.70. The third kappa shape index (κ3) is 8.86. The molecular formula is C30H48N2O8. The molecule has 2 bridgehead atoms. The molecule has 226 valence electrons. The molecule has 2 aliphatic carbocycles. The molecule has 40 heavy (non-hydrogen) atoms. The molecule has 3 aliphatic rings. The van der Waals surface area contributed by atoms with Crippen molar-refractivity contribution >= 4 is 24.1 Å². The predicted molar refractivity (Wildman–Crippen MR) is 148 cm³/mol. The summed E-state index contributed by atoms with van der Waals surface area (Å²) < 4.78 is 21.6. The summed E-state index contributed by atoms with van der Waals surface area (Å²) >= 11 is 0. The standard InChI is InChI=1S/C30H48N2O8/c1-7-8-25(33)37-16-22-9-11-23(12-10-22)17-39-28(36)32-19-29(5)13-24(14-30(32,6)18-29)31-27(35)40-21(4)15-38-26(34)20(2)3/h21-24H,2,7-19H2,1,3-6H3,(H,31,35). The van der Waals surface area contributed by atoms with Crippen molar-refractivity contribution in [2.24, 2.45) is 17.3 Å². The predicted octanol–water partition coefficient (Wildman–Crippen LogP) is 5.14. The van der Waals surface area contributed by atoms with Crippen LogP contribution in [0, 0.1) is 17.3 Å². The summed E-state index contributed by atoms with van der Waals surface area (Å²) in [6, 6.07) is -0.152. The normalized spacial score (nSPS) is 30.1. The molecule has 10 nitrogen and oxygen atoms in total. The first-order chi connectivity index (χ1) is 18.8. The van der Waals surface area contributed by atoms with Crippen molar-refractivity contribution in [3.05, 3.63) is 12.2 Å². The van der Waals surface area contributed by atoms with Crippen LogP contribution in [-0.4, -0.2) is 73.1 Å². The quantitative estimate of drug-likeness (QED) is 0.208. The Balaban J connectivity index is 1.42. The zero-order chi connectivity index (χ0) is 29.5. The number of esters is 2. The Morgan fingerprint density at radius 2 is 1.62 bits per heavy atom. The van der Waals surface area contributed by atoms with Gasteiger partial charge in [0, 0.05) is 30.1 Å². The van der Waals surface area contributed by atoms with Crippen LogP contribution < -0.4 is 5.32 Å². The number of hydrogen-bond acceptors (Lipinski definition) is 8. The number of alkyl carbamates (subject to hydrolysis) is 1.